The summed E-state index contributed by atoms with van der Waals surface area (Å²) in [6.07, 6.45) is 2.29. The molecule has 0 bridgehead atoms. The van der Waals surface area contributed by atoms with Crippen molar-refractivity contribution in [2.75, 3.05) is 23.8 Å². The van der Waals surface area contributed by atoms with E-state index in [-0.39, 0.29) is 23.2 Å². The Morgan fingerprint density at radius 3 is 2.86 bits per heavy atom. The van der Waals surface area contributed by atoms with E-state index in [0.717, 1.165) is 30.1 Å². The zero-order valence-corrected chi connectivity index (χ0v) is 16.4. The van der Waals surface area contributed by atoms with Gasteiger partial charge in [0.05, 0.1) is 17.0 Å². The lowest BCUT2D eigenvalue weighted by molar-refractivity contribution is -0.115. The number of ether oxygens (including phenoxy) is 2. The number of benzene rings is 2. The standard InChI is InChI=1S/C21H22N2O4S/c1-13-20(24)23-18-11-14(4-9-19(18)28-13)21(25)22-15-5-7-16(8-6-15)27-12-17-3-2-10-26-17/h4-9,11,13,17H,2-3,10,12H2,1H3,(H,22,25)(H,23,24)/t13-,17-/m1/s1. The van der Waals surface area contributed by atoms with Gasteiger partial charge in [0.2, 0.25) is 5.91 Å². The summed E-state index contributed by atoms with van der Waals surface area (Å²) in [4.78, 5) is 25.4. The second-order valence-electron chi connectivity index (χ2n) is 6.88. The molecule has 7 heteroatoms. The Kier molecular flexibility index (Phi) is 5.54. The van der Waals surface area contributed by atoms with Crippen molar-refractivity contribution in [1.29, 1.82) is 0 Å². The average Bonchev–Trinajstić information content (AvgIpc) is 3.21. The fourth-order valence-corrected chi connectivity index (χ4v) is 4.08. The van der Waals surface area contributed by atoms with Gasteiger partial charge in [0.25, 0.3) is 5.91 Å². The Morgan fingerprint density at radius 1 is 1.29 bits per heavy atom. The smallest absolute Gasteiger partial charge is 0.255 e. The Morgan fingerprint density at radius 2 is 2.11 bits per heavy atom. The molecule has 6 nitrogen and oxygen atoms in total. The summed E-state index contributed by atoms with van der Waals surface area (Å²) in [5, 5.41) is 5.59. The Bertz CT molecular complexity index is 878. The molecule has 146 valence electrons. The van der Waals surface area contributed by atoms with Crippen molar-refractivity contribution in [3.05, 3.63) is 48.0 Å². The lowest BCUT2D eigenvalue weighted by Crippen LogP contribution is -2.26. The van der Waals surface area contributed by atoms with Crippen LogP contribution in [0.1, 0.15) is 30.1 Å². The number of carbonyl (C=O) groups excluding carboxylic acids is 2. The van der Waals surface area contributed by atoms with Crippen LogP contribution in [0.15, 0.2) is 47.4 Å². The summed E-state index contributed by atoms with van der Waals surface area (Å²) in [6, 6.07) is 12.6. The van der Waals surface area contributed by atoms with E-state index in [4.69, 9.17) is 9.47 Å². The average molecular weight is 398 g/mol. The molecule has 4 rings (SSSR count). The highest BCUT2D eigenvalue weighted by Crippen LogP contribution is 2.36. The number of fused-ring (bicyclic) bond motifs is 1. The van der Waals surface area contributed by atoms with Gasteiger partial charge in [0, 0.05) is 22.8 Å². The first-order chi connectivity index (χ1) is 13.6. The van der Waals surface area contributed by atoms with Crippen molar-refractivity contribution in [3.63, 3.8) is 0 Å². The van der Waals surface area contributed by atoms with Gasteiger partial charge >= 0.3 is 0 Å². The lowest BCUT2D eigenvalue weighted by atomic mass is 10.1. The molecule has 1 saturated heterocycles. The van der Waals surface area contributed by atoms with Crippen molar-refractivity contribution in [3.8, 4) is 5.75 Å². The first kappa shape index (κ1) is 18.8. The molecule has 2 aliphatic rings. The largest absolute Gasteiger partial charge is 0.491 e. The number of carbonyl (C=O) groups is 2. The summed E-state index contributed by atoms with van der Waals surface area (Å²) in [5.74, 6) is 0.471. The molecule has 28 heavy (non-hydrogen) atoms. The number of amides is 2. The van der Waals surface area contributed by atoms with Crippen LogP contribution in [-0.2, 0) is 9.53 Å². The van der Waals surface area contributed by atoms with Crippen LogP contribution in [0.2, 0.25) is 0 Å². The second-order valence-corrected chi connectivity index (χ2v) is 8.27. The molecular weight excluding hydrogens is 376 g/mol. The SMILES string of the molecule is C[C@H]1Sc2ccc(C(=O)Nc3ccc(OC[C@H]4CCCO4)cc3)cc2NC1=O. The Balaban J connectivity index is 1.37. The third-order valence-electron chi connectivity index (χ3n) is 4.74. The molecule has 2 aromatic rings. The fraction of sp³-hybridized carbons (Fsp3) is 0.333. The molecule has 2 amide bonds. The van der Waals surface area contributed by atoms with Crippen LogP contribution >= 0.6 is 11.8 Å². The van der Waals surface area contributed by atoms with E-state index in [1.165, 1.54) is 11.8 Å². The molecule has 0 spiro atoms. The van der Waals surface area contributed by atoms with E-state index in [9.17, 15) is 9.59 Å². The summed E-state index contributed by atoms with van der Waals surface area (Å²) >= 11 is 1.49. The topological polar surface area (TPSA) is 76.7 Å². The zero-order valence-electron chi connectivity index (χ0n) is 15.6. The predicted octanol–water partition coefficient (Wildman–Crippen LogP) is 3.93. The van der Waals surface area contributed by atoms with Gasteiger partial charge in [-0.1, -0.05) is 0 Å². The maximum atomic E-state index is 12.6. The summed E-state index contributed by atoms with van der Waals surface area (Å²) in [6.45, 7) is 3.21. The minimum Gasteiger partial charge on any atom is -0.491 e. The maximum absolute atomic E-state index is 12.6. The molecule has 0 aromatic heterocycles. The molecular formula is C21H22N2O4S. The molecule has 0 aliphatic carbocycles. The molecule has 2 N–H and O–H groups in total. The zero-order chi connectivity index (χ0) is 19.5. The minimum atomic E-state index is -0.228. The first-order valence-electron chi connectivity index (χ1n) is 9.36. The molecule has 2 heterocycles. The normalized spacial score (nSPS) is 21.0. The van der Waals surface area contributed by atoms with E-state index < -0.39 is 0 Å². The molecule has 0 unspecified atom stereocenters. The highest BCUT2D eigenvalue weighted by molar-refractivity contribution is 8.00. The van der Waals surface area contributed by atoms with Gasteiger partial charge in [-0.2, -0.15) is 0 Å². The number of nitrogens with one attached hydrogen (secondary N) is 2. The Labute approximate surface area is 168 Å². The van der Waals surface area contributed by atoms with Gasteiger partial charge < -0.3 is 20.1 Å². The van der Waals surface area contributed by atoms with E-state index in [1.54, 1.807) is 24.3 Å². The van der Waals surface area contributed by atoms with E-state index >= 15 is 0 Å². The maximum Gasteiger partial charge on any atom is 0.255 e. The van der Waals surface area contributed by atoms with Crippen molar-refractivity contribution < 1.29 is 19.1 Å². The predicted molar refractivity (Wildman–Crippen MR) is 109 cm³/mol. The number of rotatable bonds is 5. The number of thioether (sulfide) groups is 1. The van der Waals surface area contributed by atoms with Gasteiger partial charge in [0.1, 0.15) is 12.4 Å². The highest BCUT2D eigenvalue weighted by Gasteiger charge is 2.23. The van der Waals surface area contributed by atoms with Crippen molar-refractivity contribution in [2.45, 2.75) is 36.0 Å². The molecule has 2 aromatic carbocycles. The van der Waals surface area contributed by atoms with E-state index in [1.807, 2.05) is 25.1 Å². The number of hydrogen-bond donors (Lipinski definition) is 2. The van der Waals surface area contributed by atoms with Crippen LogP contribution in [0, 0.1) is 0 Å². The second kappa shape index (κ2) is 8.24. The van der Waals surface area contributed by atoms with Gasteiger partial charge in [-0.25, -0.2) is 0 Å². The van der Waals surface area contributed by atoms with Crippen LogP contribution in [0.4, 0.5) is 11.4 Å². The van der Waals surface area contributed by atoms with E-state index in [2.05, 4.69) is 10.6 Å². The van der Waals surface area contributed by atoms with Crippen molar-refractivity contribution in [1.82, 2.24) is 0 Å². The van der Waals surface area contributed by atoms with Gasteiger partial charge in [-0.15, -0.1) is 11.8 Å². The van der Waals surface area contributed by atoms with Crippen LogP contribution in [-0.4, -0.2) is 36.4 Å². The Hall–Kier alpha value is -2.51. The lowest BCUT2D eigenvalue weighted by Gasteiger charge is -2.21. The molecule has 1 fully saturated rings. The minimum absolute atomic E-state index is 0.0475. The van der Waals surface area contributed by atoms with Crippen LogP contribution in [0.5, 0.6) is 5.75 Å². The van der Waals surface area contributed by atoms with Gasteiger partial charge in [0.15, 0.2) is 0 Å². The summed E-state index contributed by atoms with van der Waals surface area (Å²) in [5.41, 5.74) is 1.85. The van der Waals surface area contributed by atoms with Crippen LogP contribution in [0.3, 0.4) is 0 Å². The van der Waals surface area contributed by atoms with Crippen molar-refractivity contribution >= 4 is 35.0 Å². The third-order valence-corrected chi connectivity index (χ3v) is 5.92. The first-order valence-corrected chi connectivity index (χ1v) is 10.2. The van der Waals surface area contributed by atoms with Crippen molar-refractivity contribution in [2.24, 2.45) is 0 Å². The van der Waals surface area contributed by atoms with Gasteiger partial charge in [-0.3, -0.25) is 9.59 Å². The number of anilines is 2. The molecule has 0 saturated carbocycles. The highest BCUT2D eigenvalue weighted by atomic mass is 32.2. The quantitative estimate of drug-likeness (QED) is 0.798. The van der Waals surface area contributed by atoms with Crippen LogP contribution < -0.4 is 15.4 Å². The fourth-order valence-electron chi connectivity index (χ4n) is 3.15. The summed E-state index contributed by atoms with van der Waals surface area (Å²) < 4.78 is 11.3. The van der Waals surface area contributed by atoms with E-state index in [0.29, 0.717) is 23.5 Å². The van der Waals surface area contributed by atoms with Gasteiger partial charge in [-0.05, 0) is 62.2 Å². The van der Waals surface area contributed by atoms with Crippen LogP contribution in [0.25, 0.3) is 0 Å². The third kappa shape index (κ3) is 4.31. The molecule has 0 radical (unpaired) electrons. The summed E-state index contributed by atoms with van der Waals surface area (Å²) in [7, 11) is 0. The molecule has 2 atom stereocenters. The number of hydrogen-bond acceptors (Lipinski definition) is 5. The monoisotopic (exact) mass is 398 g/mol. The molecule has 2 aliphatic heterocycles.